The van der Waals surface area contributed by atoms with Crippen molar-refractivity contribution in [2.45, 2.75) is 70.3 Å². The molecule has 0 aromatic heterocycles. The SMILES string of the molecule is CCOc1cccc(NC(=O)c2ccc(Cl)c(N=NC(C(C)=O)C(=O)Nc3ccc(NC(=O)C(N=Nc4cc(C(=O)Nc5cccc(OCC)c5C(C)Cl)ccc4Cl)C(C)=O)c(CCl)c3)c2)c1C(C)Cl. The third kappa shape index (κ3) is 14.1. The number of rotatable bonds is 21. The molecule has 0 bridgehead atoms. The molecule has 5 aromatic carbocycles. The lowest BCUT2D eigenvalue weighted by molar-refractivity contribution is -0.127. The average molecular weight is 1050 g/mol. The number of hydrogen-bond donors (Lipinski definition) is 4. The minimum atomic E-state index is -1.65. The highest BCUT2D eigenvalue weighted by Crippen LogP contribution is 2.38. The van der Waals surface area contributed by atoms with Gasteiger partial charge in [-0.3, -0.25) is 28.8 Å². The van der Waals surface area contributed by atoms with Crippen LogP contribution in [0.25, 0.3) is 0 Å². The van der Waals surface area contributed by atoms with Gasteiger partial charge in [-0.25, -0.2) is 0 Å². The molecule has 0 fully saturated rings. The first-order valence-corrected chi connectivity index (χ1v) is 23.7. The molecule has 4 N–H and O–H groups in total. The minimum Gasteiger partial charge on any atom is -0.493 e. The van der Waals surface area contributed by atoms with Crippen LogP contribution in [0.5, 0.6) is 11.5 Å². The Morgan fingerprint density at radius 1 is 0.571 bits per heavy atom. The van der Waals surface area contributed by atoms with Gasteiger partial charge in [-0.2, -0.15) is 20.5 Å². The van der Waals surface area contributed by atoms with Crippen molar-refractivity contribution in [2.75, 3.05) is 34.5 Å². The van der Waals surface area contributed by atoms with Gasteiger partial charge in [-0.05, 0) is 126 Å². The summed E-state index contributed by atoms with van der Waals surface area (Å²) in [7, 11) is 0. The van der Waals surface area contributed by atoms with Crippen molar-refractivity contribution in [1.29, 1.82) is 0 Å². The molecule has 4 amide bonds. The summed E-state index contributed by atoms with van der Waals surface area (Å²) >= 11 is 31.9. The van der Waals surface area contributed by atoms with Crippen LogP contribution in [-0.4, -0.2) is 60.5 Å². The lowest BCUT2D eigenvalue weighted by Crippen LogP contribution is -2.32. The maximum atomic E-state index is 13.5. The van der Waals surface area contributed by atoms with Gasteiger partial charge in [0.05, 0.1) is 34.0 Å². The smallest absolute Gasteiger partial charge is 0.258 e. The first kappa shape index (κ1) is 54.5. The predicted octanol–water partition coefficient (Wildman–Crippen LogP) is 13.0. The number of Topliss-reactive ketones (excluding diaryl/α,β-unsaturated/α-hetero) is 2. The molecular formula is C49H47Cl5N8O8. The molecule has 0 aliphatic rings. The third-order valence-electron chi connectivity index (χ3n) is 10.0. The second-order valence-corrected chi connectivity index (χ2v) is 17.6. The lowest BCUT2D eigenvalue weighted by Gasteiger charge is -2.17. The number of alkyl halides is 3. The summed E-state index contributed by atoms with van der Waals surface area (Å²) in [6, 6.07) is 19.8. The van der Waals surface area contributed by atoms with Gasteiger partial charge in [0, 0.05) is 50.9 Å². The van der Waals surface area contributed by atoms with E-state index in [0.29, 0.717) is 52.8 Å². The van der Waals surface area contributed by atoms with E-state index in [2.05, 4.69) is 41.7 Å². The Balaban J connectivity index is 1.27. The highest BCUT2D eigenvalue weighted by molar-refractivity contribution is 6.33. The number of carbonyl (C=O) groups is 6. The highest BCUT2D eigenvalue weighted by Gasteiger charge is 2.27. The fourth-order valence-electron chi connectivity index (χ4n) is 6.73. The summed E-state index contributed by atoms with van der Waals surface area (Å²) in [6.07, 6.45) is 0. The third-order valence-corrected chi connectivity index (χ3v) is 11.4. The Morgan fingerprint density at radius 3 is 1.41 bits per heavy atom. The van der Waals surface area contributed by atoms with Crippen LogP contribution < -0.4 is 30.7 Å². The van der Waals surface area contributed by atoms with Gasteiger partial charge in [-0.1, -0.05) is 35.3 Å². The number of ketones is 2. The summed E-state index contributed by atoms with van der Waals surface area (Å²) in [6.45, 7) is 10.2. The van der Waals surface area contributed by atoms with Crippen molar-refractivity contribution in [3.8, 4) is 11.5 Å². The number of azo groups is 2. The summed E-state index contributed by atoms with van der Waals surface area (Å²) in [5.74, 6) is -3.23. The van der Waals surface area contributed by atoms with E-state index in [-0.39, 0.29) is 49.8 Å². The number of carbonyl (C=O) groups excluding carboxylic acids is 6. The molecule has 0 radical (unpaired) electrons. The molecule has 4 atom stereocenters. The van der Waals surface area contributed by atoms with E-state index >= 15 is 0 Å². The number of amides is 4. The molecule has 4 unspecified atom stereocenters. The van der Waals surface area contributed by atoms with Crippen LogP contribution in [0.1, 0.15) is 89.7 Å². The fraction of sp³-hybridized carbons (Fsp3) is 0.265. The lowest BCUT2D eigenvalue weighted by atomic mass is 10.1. The molecule has 5 aromatic rings. The molecule has 0 spiro atoms. The normalized spacial score (nSPS) is 13.0. The first-order valence-electron chi connectivity index (χ1n) is 21.5. The van der Waals surface area contributed by atoms with E-state index in [0.717, 1.165) is 13.8 Å². The maximum Gasteiger partial charge on any atom is 0.258 e. The van der Waals surface area contributed by atoms with Crippen molar-refractivity contribution in [3.05, 3.63) is 129 Å². The Kier molecular flexibility index (Phi) is 19.8. The molecule has 16 nitrogen and oxygen atoms in total. The topological polar surface area (TPSA) is 218 Å². The van der Waals surface area contributed by atoms with Gasteiger partial charge < -0.3 is 30.7 Å². The fourth-order valence-corrected chi connectivity index (χ4v) is 7.71. The number of nitrogens with zero attached hydrogens (tertiary/aromatic N) is 4. The van der Waals surface area contributed by atoms with Crippen molar-refractivity contribution in [1.82, 2.24) is 0 Å². The molecule has 5 rings (SSSR count). The van der Waals surface area contributed by atoms with Gasteiger partial charge >= 0.3 is 0 Å². The molecule has 0 aliphatic heterocycles. The average Bonchev–Trinajstić information content (AvgIpc) is 3.30. The summed E-state index contributed by atoms with van der Waals surface area (Å²) in [5, 5.41) is 26.1. The van der Waals surface area contributed by atoms with Crippen LogP contribution in [0.15, 0.2) is 111 Å². The Bertz CT molecular complexity index is 2860. The van der Waals surface area contributed by atoms with E-state index in [4.69, 9.17) is 67.5 Å². The summed E-state index contributed by atoms with van der Waals surface area (Å²) in [4.78, 5) is 79.1. The maximum absolute atomic E-state index is 13.5. The molecule has 70 heavy (non-hydrogen) atoms. The molecule has 21 heteroatoms. The quantitative estimate of drug-likeness (QED) is 0.0314. The number of ether oxygens (including phenoxy) is 2. The van der Waals surface area contributed by atoms with Crippen molar-refractivity contribution < 1.29 is 38.2 Å². The number of hydrogen-bond acceptors (Lipinski definition) is 12. The van der Waals surface area contributed by atoms with E-state index in [1.807, 2.05) is 13.8 Å². The number of anilines is 4. The van der Waals surface area contributed by atoms with E-state index in [9.17, 15) is 28.8 Å². The van der Waals surface area contributed by atoms with E-state index in [1.165, 1.54) is 54.6 Å². The first-order chi connectivity index (χ1) is 33.4. The highest BCUT2D eigenvalue weighted by atomic mass is 35.5. The standard InChI is InChI=1S/C49H47Cl5N8O8/c1-7-69-40-13-9-11-36(42(40)25(3)51)57-46(65)29-15-18-33(53)38(22-29)59-61-44(27(5)63)48(67)55-32-17-20-35(31(21-32)24-50)56-49(68)45(28(6)64)62-60-39-23-30(16-19-34(39)54)47(66)58-37-12-10-14-41(70-8-2)43(37)26(4)52/h9-23,25-26,44-45H,7-8,24H2,1-6H3,(H,55,67)(H,56,68)(H,57,65)(H,58,66). The number of halogens is 5. The molecule has 0 aliphatic carbocycles. The van der Waals surface area contributed by atoms with Crippen molar-refractivity contribution in [3.63, 3.8) is 0 Å². The van der Waals surface area contributed by atoms with Crippen LogP contribution in [0, 0.1) is 0 Å². The molecule has 0 saturated carbocycles. The minimum absolute atomic E-state index is 0.00313. The monoisotopic (exact) mass is 1050 g/mol. The van der Waals surface area contributed by atoms with Crippen molar-refractivity contribution in [2.24, 2.45) is 20.5 Å². The van der Waals surface area contributed by atoms with Gasteiger partial charge in [0.15, 0.2) is 11.6 Å². The predicted molar refractivity (Wildman–Crippen MR) is 274 cm³/mol. The molecule has 366 valence electrons. The second kappa shape index (κ2) is 25.4. The molecular weight excluding hydrogens is 1010 g/mol. The van der Waals surface area contributed by atoms with Gasteiger partial charge in [0.1, 0.15) is 22.9 Å². The summed E-state index contributed by atoms with van der Waals surface area (Å²) < 4.78 is 11.4. The zero-order valence-corrected chi connectivity index (χ0v) is 42.3. The second-order valence-electron chi connectivity index (χ2n) is 15.2. The van der Waals surface area contributed by atoms with E-state index in [1.54, 1.807) is 50.2 Å². The number of benzene rings is 5. The van der Waals surface area contributed by atoms with Crippen LogP contribution in [0.4, 0.5) is 34.1 Å². The van der Waals surface area contributed by atoms with Gasteiger partial charge in [0.25, 0.3) is 23.6 Å². The Hall–Kier alpha value is -6.43. The van der Waals surface area contributed by atoms with Gasteiger partial charge in [0.2, 0.25) is 12.1 Å². The van der Waals surface area contributed by atoms with Gasteiger partial charge in [-0.15, -0.1) is 34.8 Å². The molecule has 0 heterocycles. The van der Waals surface area contributed by atoms with E-state index < -0.39 is 58.0 Å². The van der Waals surface area contributed by atoms with Crippen molar-refractivity contribution >= 4 is 127 Å². The largest absolute Gasteiger partial charge is 0.493 e. The zero-order chi connectivity index (χ0) is 51.2. The summed E-state index contributed by atoms with van der Waals surface area (Å²) in [5.41, 5.74) is 3.01. The molecule has 0 saturated heterocycles. The zero-order valence-electron chi connectivity index (χ0n) is 38.5. The van der Waals surface area contributed by atoms with Crippen LogP contribution in [0.2, 0.25) is 10.0 Å². The Morgan fingerprint density at radius 2 is 1.01 bits per heavy atom. The number of nitrogens with one attached hydrogen (secondary N) is 4. The van der Waals surface area contributed by atoms with Crippen LogP contribution in [-0.2, 0) is 25.1 Å². The Labute approximate surface area is 428 Å². The van der Waals surface area contributed by atoms with Crippen LogP contribution in [0.3, 0.4) is 0 Å². The van der Waals surface area contributed by atoms with Crippen LogP contribution >= 0.6 is 58.0 Å².